The second-order valence-electron chi connectivity index (χ2n) is 7.06. The quantitative estimate of drug-likeness (QED) is 0.718. The lowest BCUT2D eigenvalue weighted by Gasteiger charge is -2.38. The van der Waals surface area contributed by atoms with Crippen LogP contribution in [0.3, 0.4) is 0 Å². The largest absolute Gasteiger partial charge is 0.494 e. The number of rotatable bonds is 7. The Balaban J connectivity index is 0.00000261. The third-order valence-corrected chi connectivity index (χ3v) is 6.41. The van der Waals surface area contributed by atoms with Gasteiger partial charge in [0.1, 0.15) is 5.75 Å². The van der Waals surface area contributed by atoms with Gasteiger partial charge in [-0.2, -0.15) is 11.8 Å². The van der Waals surface area contributed by atoms with Crippen molar-refractivity contribution in [1.82, 2.24) is 10.6 Å². The van der Waals surface area contributed by atoms with E-state index >= 15 is 0 Å². The Morgan fingerprint density at radius 3 is 2.70 bits per heavy atom. The molecule has 2 saturated heterocycles. The zero-order valence-electron chi connectivity index (χ0n) is 16.0. The number of hydrogen-bond acceptors (Lipinski definition) is 5. The number of thioether (sulfide) groups is 1. The summed E-state index contributed by atoms with van der Waals surface area (Å²) in [6.07, 6.45) is 2.42. The van der Waals surface area contributed by atoms with Crippen LogP contribution in [0.5, 0.6) is 5.75 Å². The third-order valence-electron chi connectivity index (χ3n) is 5.28. The minimum absolute atomic E-state index is 0. The van der Waals surface area contributed by atoms with Crippen LogP contribution in [0.1, 0.15) is 31.7 Å². The van der Waals surface area contributed by atoms with Crippen molar-refractivity contribution in [2.45, 2.75) is 37.6 Å². The molecule has 2 fully saturated rings. The predicted octanol–water partition coefficient (Wildman–Crippen LogP) is 2.77. The average molecular weight is 415 g/mol. The Morgan fingerprint density at radius 1 is 1.33 bits per heavy atom. The Hall–Kier alpha value is -0.950. The summed E-state index contributed by atoms with van der Waals surface area (Å²) in [6.45, 7) is 5.80. The van der Waals surface area contributed by atoms with Crippen LogP contribution >= 0.6 is 24.2 Å². The molecule has 0 aromatic heterocycles. The van der Waals surface area contributed by atoms with Crippen molar-refractivity contribution < 1.29 is 14.3 Å². The first kappa shape index (κ1) is 22.3. The fourth-order valence-corrected chi connectivity index (χ4v) is 4.66. The molecule has 0 saturated carbocycles. The molecule has 0 spiro atoms. The van der Waals surface area contributed by atoms with E-state index in [1.54, 1.807) is 0 Å². The standard InChI is InChI=1S/C20H30N2O3S.ClH/c1-2-25-18-5-3-16(4-6-18)20(7-10-24-11-8-20)15-22-19(23)13-17-14-26-12-9-21-17;/h3-6,17,21H,2,7-15H2,1H3,(H,22,23);1H. The molecule has 1 amide bonds. The van der Waals surface area contributed by atoms with Gasteiger partial charge < -0.3 is 20.1 Å². The lowest BCUT2D eigenvalue weighted by molar-refractivity contribution is -0.122. The van der Waals surface area contributed by atoms with Crippen molar-refractivity contribution >= 4 is 30.1 Å². The van der Waals surface area contributed by atoms with Gasteiger partial charge >= 0.3 is 0 Å². The molecule has 0 radical (unpaired) electrons. The van der Waals surface area contributed by atoms with E-state index in [0.29, 0.717) is 25.6 Å². The van der Waals surface area contributed by atoms with E-state index in [1.807, 2.05) is 30.8 Å². The topological polar surface area (TPSA) is 59.6 Å². The van der Waals surface area contributed by atoms with Crippen LogP contribution in [0.15, 0.2) is 24.3 Å². The fraction of sp³-hybridized carbons (Fsp3) is 0.650. The molecular weight excluding hydrogens is 384 g/mol. The number of amides is 1. The minimum Gasteiger partial charge on any atom is -0.494 e. The van der Waals surface area contributed by atoms with E-state index in [1.165, 1.54) is 5.56 Å². The smallest absolute Gasteiger partial charge is 0.221 e. The maximum atomic E-state index is 12.5. The highest BCUT2D eigenvalue weighted by molar-refractivity contribution is 7.99. The zero-order valence-corrected chi connectivity index (χ0v) is 17.6. The molecule has 0 bridgehead atoms. The second-order valence-corrected chi connectivity index (χ2v) is 8.21. The summed E-state index contributed by atoms with van der Waals surface area (Å²) in [5.41, 5.74) is 1.21. The zero-order chi connectivity index (χ0) is 18.2. The first-order valence-electron chi connectivity index (χ1n) is 9.61. The summed E-state index contributed by atoms with van der Waals surface area (Å²) in [5.74, 6) is 3.19. The molecule has 1 aromatic carbocycles. The van der Waals surface area contributed by atoms with Gasteiger partial charge in [-0.3, -0.25) is 4.79 Å². The summed E-state index contributed by atoms with van der Waals surface area (Å²) in [7, 11) is 0. The van der Waals surface area contributed by atoms with Crippen molar-refractivity contribution in [3.63, 3.8) is 0 Å². The number of hydrogen-bond donors (Lipinski definition) is 2. The number of carbonyl (C=O) groups excluding carboxylic acids is 1. The van der Waals surface area contributed by atoms with E-state index in [4.69, 9.17) is 9.47 Å². The van der Waals surface area contributed by atoms with Crippen LogP contribution < -0.4 is 15.4 Å². The first-order valence-corrected chi connectivity index (χ1v) is 10.8. The minimum atomic E-state index is -0.0482. The van der Waals surface area contributed by atoms with Gasteiger partial charge in [0.25, 0.3) is 0 Å². The van der Waals surface area contributed by atoms with E-state index in [0.717, 1.165) is 49.9 Å². The molecular formula is C20H31ClN2O3S. The SMILES string of the molecule is CCOc1ccc(C2(CNC(=O)CC3CSCCN3)CCOCC2)cc1.Cl. The molecule has 5 nitrogen and oxygen atoms in total. The first-order chi connectivity index (χ1) is 12.7. The Kier molecular flexibility index (Phi) is 9.22. The van der Waals surface area contributed by atoms with Gasteiger partial charge in [-0.25, -0.2) is 0 Å². The molecule has 1 unspecified atom stereocenters. The molecule has 0 aliphatic carbocycles. The van der Waals surface area contributed by atoms with Crippen LogP contribution in [-0.4, -0.2) is 56.4 Å². The number of carbonyl (C=O) groups is 1. The van der Waals surface area contributed by atoms with Gasteiger partial charge in [0.15, 0.2) is 0 Å². The molecule has 1 aromatic rings. The van der Waals surface area contributed by atoms with E-state index < -0.39 is 0 Å². The van der Waals surface area contributed by atoms with Gasteiger partial charge in [0.05, 0.1) is 6.61 Å². The molecule has 2 aliphatic rings. The molecule has 2 heterocycles. The highest BCUT2D eigenvalue weighted by Crippen LogP contribution is 2.35. The van der Waals surface area contributed by atoms with Crippen molar-refractivity contribution in [3.8, 4) is 5.75 Å². The molecule has 152 valence electrons. The maximum absolute atomic E-state index is 12.5. The van der Waals surface area contributed by atoms with Crippen LogP contribution in [-0.2, 0) is 14.9 Å². The van der Waals surface area contributed by atoms with E-state index in [9.17, 15) is 4.79 Å². The molecule has 27 heavy (non-hydrogen) atoms. The summed E-state index contributed by atoms with van der Waals surface area (Å²) < 4.78 is 11.1. The summed E-state index contributed by atoms with van der Waals surface area (Å²) in [5, 5.41) is 6.64. The van der Waals surface area contributed by atoms with E-state index in [-0.39, 0.29) is 23.7 Å². The number of benzene rings is 1. The summed E-state index contributed by atoms with van der Waals surface area (Å²) >= 11 is 1.92. The highest BCUT2D eigenvalue weighted by atomic mass is 35.5. The summed E-state index contributed by atoms with van der Waals surface area (Å²) in [6, 6.07) is 8.64. The molecule has 1 atom stereocenters. The molecule has 2 aliphatic heterocycles. The summed E-state index contributed by atoms with van der Waals surface area (Å²) in [4.78, 5) is 12.5. The number of nitrogens with one attached hydrogen (secondary N) is 2. The van der Waals surface area contributed by atoms with Gasteiger partial charge in [0, 0.05) is 55.7 Å². The van der Waals surface area contributed by atoms with Gasteiger partial charge in [0.2, 0.25) is 5.91 Å². The van der Waals surface area contributed by atoms with Crippen molar-refractivity contribution in [2.24, 2.45) is 0 Å². The Morgan fingerprint density at radius 2 is 2.07 bits per heavy atom. The Labute approximate surface area is 172 Å². The van der Waals surface area contributed by atoms with Crippen molar-refractivity contribution in [3.05, 3.63) is 29.8 Å². The fourth-order valence-electron chi connectivity index (χ4n) is 3.72. The predicted molar refractivity (Wildman–Crippen MR) is 113 cm³/mol. The highest BCUT2D eigenvalue weighted by Gasteiger charge is 2.35. The van der Waals surface area contributed by atoms with Crippen molar-refractivity contribution in [2.75, 3.05) is 44.4 Å². The van der Waals surface area contributed by atoms with Gasteiger partial charge in [-0.15, -0.1) is 12.4 Å². The average Bonchev–Trinajstić information content (AvgIpc) is 2.69. The number of halogens is 1. The van der Waals surface area contributed by atoms with Crippen LogP contribution in [0.25, 0.3) is 0 Å². The molecule has 3 rings (SSSR count). The monoisotopic (exact) mass is 414 g/mol. The van der Waals surface area contributed by atoms with Gasteiger partial charge in [-0.05, 0) is 37.5 Å². The van der Waals surface area contributed by atoms with Crippen molar-refractivity contribution in [1.29, 1.82) is 0 Å². The second kappa shape index (κ2) is 11.1. The third kappa shape index (κ3) is 6.28. The lowest BCUT2D eigenvalue weighted by Crippen LogP contribution is -2.47. The van der Waals surface area contributed by atoms with Crippen LogP contribution in [0, 0.1) is 0 Å². The van der Waals surface area contributed by atoms with Crippen LogP contribution in [0.2, 0.25) is 0 Å². The van der Waals surface area contributed by atoms with E-state index in [2.05, 4.69) is 22.8 Å². The normalized spacial score (nSPS) is 21.7. The maximum Gasteiger partial charge on any atom is 0.221 e. The Bertz CT molecular complexity index is 573. The van der Waals surface area contributed by atoms with Crippen LogP contribution in [0.4, 0.5) is 0 Å². The lowest BCUT2D eigenvalue weighted by atomic mass is 9.74. The van der Waals surface area contributed by atoms with Gasteiger partial charge in [-0.1, -0.05) is 12.1 Å². The number of ether oxygens (including phenoxy) is 2. The molecule has 2 N–H and O–H groups in total. The molecule has 7 heteroatoms.